The average molecular weight is 839 g/mol. The minimum Gasteiger partial charge on any atom is -0.497 e. The molecule has 0 aromatic rings. The Hall–Kier alpha value is -3.27. The highest BCUT2D eigenvalue weighted by Crippen LogP contribution is 2.39. The number of rotatable bonds is 22. The molecule has 59 heavy (non-hydrogen) atoms. The SMILES string of the molecule is C=C.C=C(NC(C(=C)N1C[C@H](C)C(C)C1C(=C)NC(CCC(C)(F)F)CC(=C)C(=C)NCC)C1CCCCC1)NC(COC(=C)C)C(C)(C)C.CCC.CCCN.CF. The van der Waals surface area contributed by atoms with Gasteiger partial charge in [-0.25, -0.2) is 8.78 Å². The Labute approximate surface area is 362 Å². The maximum absolute atomic E-state index is 14.1. The first kappa shape index (κ1) is 60.0. The maximum atomic E-state index is 14.1. The van der Waals surface area contributed by atoms with Crippen LogP contribution >= 0.6 is 0 Å². The van der Waals surface area contributed by atoms with Crippen molar-refractivity contribution in [3.63, 3.8) is 0 Å². The maximum Gasteiger partial charge on any atom is 0.245 e. The van der Waals surface area contributed by atoms with E-state index in [1.165, 1.54) is 25.7 Å². The molecule has 5 unspecified atom stereocenters. The van der Waals surface area contributed by atoms with Gasteiger partial charge in [0.15, 0.2) is 0 Å². The largest absolute Gasteiger partial charge is 0.497 e. The van der Waals surface area contributed by atoms with Crippen molar-refractivity contribution in [3.05, 3.63) is 86.9 Å². The fraction of sp³-hybridized carbons (Fsp3) is 0.714. The number of nitrogens with two attached hydrogens (primary N) is 1. The summed E-state index contributed by atoms with van der Waals surface area (Å²) in [4.78, 5) is 2.41. The zero-order valence-electron chi connectivity index (χ0n) is 40.2. The monoisotopic (exact) mass is 839 g/mol. The molecule has 1 heterocycles. The summed E-state index contributed by atoms with van der Waals surface area (Å²) in [5.74, 6) is -0.219. The molecule has 0 amide bonds. The van der Waals surface area contributed by atoms with Gasteiger partial charge < -0.3 is 36.6 Å². The van der Waals surface area contributed by atoms with Crippen LogP contribution in [0.5, 0.6) is 0 Å². The van der Waals surface area contributed by atoms with Crippen molar-refractivity contribution in [1.29, 1.82) is 0 Å². The van der Waals surface area contributed by atoms with Gasteiger partial charge in [0.05, 0.1) is 36.9 Å². The van der Waals surface area contributed by atoms with Crippen LogP contribution in [0.2, 0.25) is 0 Å². The zero-order valence-corrected chi connectivity index (χ0v) is 40.2. The Morgan fingerprint density at radius 1 is 0.881 bits per heavy atom. The summed E-state index contributed by atoms with van der Waals surface area (Å²) in [5, 5.41) is 14.2. The molecule has 2 aliphatic rings. The zero-order chi connectivity index (χ0) is 46.5. The lowest BCUT2D eigenvalue weighted by Gasteiger charge is -2.42. The number of nitrogens with one attached hydrogen (secondary N) is 4. The number of ether oxygens (including phenoxy) is 1. The third-order valence-corrected chi connectivity index (χ3v) is 10.6. The highest BCUT2D eigenvalue weighted by molar-refractivity contribution is 5.26. The number of alkyl halides is 3. The second kappa shape index (κ2) is 32.5. The van der Waals surface area contributed by atoms with E-state index in [1.54, 1.807) is 0 Å². The quantitative estimate of drug-likeness (QED) is 0.0422. The van der Waals surface area contributed by atoms with Crippen LogP contribution in [0.3, 0.4) is 0 Å². The highest BCUT2D eigenvalue weighted by Gasteiger charge is 2.42. The van der Waals surface area contributed by atoms with E-state index in [1.807, 2.05) is 13.8 Å². The van der Waals surface area contributed by atoms with Crippen LogP contribution in [-0.2, 0) is 4.74 Å². The molecule has 2 rings (SSSR count). The van der Waals surface area contributed by atoms with Crippen LogP contribution in [0.25, 0.3) is 0 Å². The Morgan fingerprint density at radius 2 is 1.41 bits per heavy atom. The van der Waals surface area contributed by atoms with Crippen molar-refractivity contribution in [2.24, 2.45) is 28.9 Å². The normalized spacial score (nSPS) is 19.1. The molecule has 1 aliphatic carbocycles. The molecule has 0 spiro atoms. The molecule has 2 fully saturated rings. The van der Waals surface area contributed by atoms with E-state index < -0.39 is 5.92 Å². The van der Waals surface area contributed by atoms with Crippen LogP contribution < -0.4 is 27.0 Å². The lowest BCUT2D eigenvalue weighted by atomic mass is 9.82. The van der Waals surface area contributed by atoms with E-state index in [9.17, 15) is 13.2 Å². The summed E-state index contributed by atoms with van der Waals surface area (Å²) in [6.07, 6.45) is 8.82. The minimum absolute atomic E-state index is 0.0152. The second-order valence-electron chi connectivity index (χ2n) is 17.3. The number of halogens is 3. The number of hydrogen-bond acceptors (Lipinski definition) is 7. The van der Waals surface area contributed by atoms with Crippen molar-refractivity contribution in [2.75, 3.05) is 33.4 Å². The minimum atomic E-state index is -2.76. The molecule has 0 radical (unpaired) electrons. The Balaban J connectivity index is -0.00000256. The van der Waals surface area contributed by atoms with Crippen LogP contribution in [0.1, 0.15) is 140 Å². The topological polar surface area (TPSA) is 86.6 Å². The van der Waals surface area contributed by atoms with E-state index >= 15 is 0 Å². The summed E-state index contributed by atoms with van der Waals surface area (Å²) < 4.78 is 43.5. The van der Waals surface area contributed by atoms with Gasteiger partial charge in [0.2, 0.25) is 5.92 Å². The van der Waals surface area contributed by atoms with Gasteiger partial charge in [-0.15, -0.1) is 13.2 Å². The smallest absolute Gasteiger partial charge is 0.245 e. The van der Waals surface area contributed by atoms with Gasteiger partial charge in [0, 0.05) is 42.6 Å². The van der Waals surface area contributed by atoms with Gasteiger partial charge >= 0.3 is 0 Å². The molecular weight excluding hydrogens is 746 g/mol. The summed E-state index contributed by atoms with van der Waals surface area (Å²) >= 11 is 0. The summed E-state index contributed by atoms with van der Waals surface area (Å²) in [5.41, 5.74) is 8.37. The van der Waals surface area contributed by atoms with Crippen LogP contribution in [0, 0.1) is 23.2 Å². The number of likely N-dealkylation sites (N-methyl/N-ethyl adjacent to an activating group) is 1. The molecule has 1 saturated heterocycles. The van der Waals surface area contributed by atoms with E-state index in [4.69, 9.17) is 17.0 Å². The summed E-state index contributed by atoms with van der Waals surface area (Å²) in [7, 11) is 0.500. The van der Waals surface area contributed by atoms with E-state index in [-0.39, 0.29) is 41.9 Å². The Bertz CT molecular complexity index is 1200. The van der Waals surface area contributed by atoms with Crippen molar-refractivity contribution >= 4 is 0 Å². The molecule has 1 saturated carbocycles. The van der Waals surface area contributed by atoms with Crippen molar-refractivity contribution < 1.29 is 17.9 Å². The standard InChI is InChI=1S/C40H69F2N5O.C3H9N.C3H8.C2H4.CH3F/c1-15-43-30(7)27(4)23-35(21-22-40(14,41)42)44-31(8)38-29(6)28(5)24-47(38)32(9)37(34-19-17-16-18-20-34)46-33(10)45-36(39(11,12)13)25-48-26(2)3;1-2-3-4;1-3-2;2*1-2/h28-29,34-38,43-46H,2,4,7-10,15-25H2,1,3,5-6,11-14H3;2-4H2,1H3;3H2,1-2H3;1-2H2;1H3/t28-,29?,35?,36?,37?,38?;;;;/m0..../s1. The molecule has 0 aromatic heterocycles. The van der Waals surface area contributed by atoms with Gasteiger partial charge in [-0.3, -0.25) is 4.39 Å². The molecule has 0 aromatic carbocycles. The van der Waals surface area contributed by atoms with E-state index in [0.29, 0.717) is 44.2 Å². The number of allylic oxidation sites excluding steroid dienone is 2. The van der Waals surface area contributed by atoms with E-state index in [2.05, 4.69) is 128 Å². The van der Waals surface area contributed by atoms with Gasteiger partial charge in [0.1, 0.15) is 6.61 Å². The first-order chi connectivity index (χ1) is 27.6. The third-order valence-electron chi connectivity index (χ3n) is 10.6. The lowest BCUT2D eigenvalue weighted by Crippen LogP contribution is -2.51. The number of hydrogen-bond donors (Lipinski definition) is 5. The first-order valence-electron chi connectivity index (χ1n) is 22.1. The molecule has 0 bridgehead atoms. The Morgan fingerprint density at radius 3 is 1.85 bits per heavy atom. The average Bonchev–Trinajstić information content (AvgIpc) is 3.48. The van der Waals surface area contributed by atoms with E-state index in [0.717, 1.165) is 74.3 Å². The van der Waals surface area contributed by atoms with Gasteiger partial charge in [-0.2, -0.15) is 0 Å². The fourth-order valence-electron chi connectivity index (χ4n) is 7.04. The first-order valence-corrected chi connectivity index (χ1v) is 22.1. The molecule has 10 heteroatoms. The second-order valence-corrected chi connectivity index (χ2v) is 17.3. The molecular formula is C49H93F3N6O. The van der Waals surface area contributed by atoms with Gasteiger partial charge in [0.25, 0.3) is 0 Å². The molecule has 6 N–H and O–H groups in total. The number of likely N-dealkylation sites (tertiary alicyclic amines) is 1. The molecule has 7 nitrogen and oxygen atoms in total. The van der Waals surface area contributed by atoms with Gasteiger partial charge in [-0.05, 0) is 88.2 Å². The summed E-state index contributed by atoms with van der Waals surface area (Å²) in [6, 6.07) is -0.290. The van der Waals surface area contributed by atoms with Crippen molar-refractivity contribution in [1.82, 2.24) is 26.2 Å². The lowest BCUT2D eigenvalue weighted by molar-refractivity contribution is 0.00843. The molecule has 6 atom stereocenters. The van der Waals surface area contributed by atoms with Gasteiger partial charge in [-0.1, -0.05) is 121 Å². The summed E-state index contributed by atoms with van der Waals surface area (Å²) in [6.45, 7) is 57.1. The third kappa shape index (κ3) is 25.2. The highest BCUT2D eigenvalue weighted by atomic mass is 19.3. The van der Waals surface area contributed by atoms with Crippen LogP contribution in [0.4, 0.5) is 13.2 Å². The number of nitrogens with zero attached hydrogens (tertiary/aromatic N) is 1. The van der Waals surface area contributed by atoms with Crippen LogP contribution in [0.15, 0.2) is 86.9 Å². The fourth-order valence-corrected chi connectivity index (χ4v) is 7.04. The Kier molecular flexibility index (Phi) is 33.1. The van der Waals surface area contributed by atoms with Crippen molar-refractivity contribution in [3.8, 4) is 0 Å². The molecule has 346 valence electrons. The van der Waals surface area contributed by atoms with Crippen molar-refractivity contribution in [2.45, 2.75) is 170 Å². The van der Waals surface area contributed by atoms with Crippen LogP contribution in [-0.4, -0.2) is 68.4 Å². The molecule has 1 aliphatic heterocycles. The predicted molar refractivity (Wildman–Crippen MR) is 254 cm³/mol. The predicted octanol–water partition coefficient (Wildman–Crippen LogP) is 12.2.